The molecule has 1 N–H and O–H groups in total. The second-order valence-electron chi connectivity index (χ2n) is 13.9. The van der Waals surface area contributed by atoms with Crippen molar-refractivity contribution in [2.75, 3.05) is 5.32 Å². The Bertz CT molecular complexity index is 2740. The van der Waals surface area contributed by atoms with Gasteiger partial charge in [0.05, 0.1) is 34.3 Å². The van der Waals surface area contributed by atoms with E-state index in [1.54, 1.807) is 0 Å². The summed E-state index contributed by atoms with van der Waals surface area (Å²) in [4.78, 5) is 4.76. The molecule has 2 aliphatic heterocycles. The number of nitriles is 1. The highest BCUT2D eigenvalue weighted by Crippen LogP contribution is 2.57. The summed E-state index contributed by atoms with van der Waals surface area (Å²) in [5.74, 6) is 1.67. The second kappa shape index (κ2) is 12.8. The van der Waals surface area contributed by atoms with E-state index >= 15 is 0 Å². The topological polar surface area (TPSA) is 57.9 Å². The number of rotatable bonds is 5. The minimum absolute atomic E-state index is 0.115. The fourth-order valence-corrected chi connectivity index (χ4v) is 8.39. The number of nitrogens with one attached hydrogen (secondary N) is 1. The molecule has 1 aromatic heterocycles. The summed E-state index contributed by atoms with van der Waals surface area (Å²) < 4.78 is 7.04. The van der Waals surface area contributed by atoms with Gasteiger partial charge >= 0.3 is 0 Å². The molecule has 10 rings (SSSR count). The van der Waals surface area contributed by atoms with Crippen molar-refractivity contribution < 1.29 is 4.74 Å². The maximum Gasteiger partial charge on any atom is 0.140 e. The first-order valence-corrected chi connectivity index (χ1v) is 18.2. The van der Waals surface area contributed by atoms with Crippen LogP contribution < -0.4 is 10.1 Å². The molecule has 8 aromatic rings. The third kappa shape index (κ3) is 5.02. The van der Waals surface area contributed by atoms with Gasteiger partial charge in [-0.2, -0.15) is 5.26 Å². The van der Waals surface area contributed by atoms with E-state index in [1.807, 2.05) is 42.6 Å². The van der Waals surface area contributed by atoms with Gasteiger partial charge in [0.15, 0.2) is 0 Å². The van der Waals surface area contributed by atoms with Crippen LogP contribution >= 0.6 is 0 Å². The zero-order valence-corrected chi connectivity index (χ0v) is 29.3. The average Bonchev–Trinajstić information content (AvgIpc) is 3.25. The molecule has 1 atom stereocenters. The number of benzene rings is 7. The lowest BCUT2D eigenvalue weighted by atomic mass is 9.63. The molecule has 54 heavy (non-hydrogen) atoms. The van der Waals surface area contributed by atoms with Crippen molar-refractivity contribution in [3.05, 3.63) is 221 Å². The number of hydrogen-bond donors (Lipinski definition) is 1. The number of aromatic nitrogens is 1. The molecule has 3 heterocycles. The van der Waals surface area contributed by atoms with E-state index in [-0.39, 0.29) is 6.04 Å². The number of nitrogens with zero attached hydrogens (tertiary/aromatic N) is 2. The van der Waals surface area contributed by atoms with Gasteiger partial charge < -0.3 is 10.1 Å². The smallest absolute Gasteiger partial charge is 0.140 e. The monoisotopic (exact) mass is 691 g/mol. The van der Waals surface area contributed by atoms with Gasteiger partial charge in [-0.05, 0) is 81.4 Å². The van der Waals surface area contributed by atoms with Crippen LogP contribution in [-0.4, -0.2) is 4.98 Å². The normalized spacial score (nSPS) is 14.8. The van der Waals surface area contributed by atoms with Crippen LogP contribution in [-0.2, 0) is 5.41 Å². The van der Waals surface area contributed by atoms with Crippen LogP contribution in [0, 0.1) is 11.3 Å². The summed E-state index contributed by atoms with van der Waals surface area (Å²) in [7, 11) is 0. The molecule has 1 unspecified atom stereocenters. The maximum atomic E-state index is 9.57. The molecule has 0 radical (unpaired) electrons. The van der Waals surface area contributed by atoms with E-state index in [9.17, 15) is 5.26 Å². The Kier molecular flexibility index (Phi) is 7.45. The number of anilines is 1. The van der Waals surface area contributed by atoms with Gasteiger partial charge in [0.2, 0.25) is 0 Å². The lowest BCUT2D eigenvalue weighted by molar-refractivity contribution is 0.436. The van der Waals surface area contributed by atoms with Gasteiger partial charge in [0.25, 0.3) is 0 Å². The Morgan fingerprint density at radius 2 is 1.35 bits per heavy atom. The lowest BCUT2D eigenvalue weighted by Gasteiger charge is -2.42. The summed E-state index contributed by atoms with van der Waals surface area (Å²) in [5.41, 5.74) is 12.9. The molecule has 0 fully saturated rings. The fourth-order valence-electron chi connectivity index (χ4n) is 8.39. The number of hydrogen-bond acceptors (Lipinski definition) is 4. The SMILES string of the molecule is N#Cc1ccc(-c2cc(-c3cccc4c3Oc3ccccc3C4(c3ccccc3)c3ccccc3)cc(C3C=Cc4ccc5cccnc5c4N3)c2)cc1. The van der Waals surface area contributed by atoms with Gasteiger partial charge in [0, 0.05) is 28.3 Å². The van der Waals surface area contributed by atoms with Crippen LogP contribution in [0.3, 0.4) is 0 Å². The largest absolute Gasteiger partial charge is 0.456 e. The molecule has 2 aliphatic rings. The van der Waals surface area contributed by atoms with E-state index in [2.05, 4.69) is 157 Å². The van der Waals surface area contributed by atoms with Gasteiger partial charge in [-0.15, -0.1) is 0 Å². The molecule has 0 saturated carbocycles. The standard InChI is InChI=1S/C50H33N3O/c51-32-33-20-22-34(23-21-33)37-29-38(31-39(30-37)45-27-26-36-25-24-35-11-10-28-52-47(35)48(36)53-45)42-16-9-18-44-49(42)54-46-19-8-7-17-43(46)50(44,40-12-3-1-4-13-40)41-14-5-2-6-15-41/h1-31,45,53H. The van der Waals surface area contributed by atoms with Crippen LogP contribution in [0.25, 0.3) is 39.2 Å². The molecule has 0 spiro atoms. The quantitative estimate of drug-likeness (QED) is 0.195. The Morgan fingerprint density at radius 3 is 2.13 bits per heavy atom. The van der Waals surface area contributed by atoms with Gasteiger partial charge in [-0.3, -0.25) is 4.98 Å². The van der Waals surface area contributed by atoms with Crippen molar-refractivity contribution in [2.45, 2.75) is 11.5 Å². The minimum Gasteiger partial charge on any atom is -0.456 e. The average molecular weight is 692 g/mol. The van der Waals surface area contributed by atoms with Crippen molar-refractivity contribution in [1.29, 1.82) is 5.26 Å². The van der Waals surface area contributed by atoms with E-state index in [0.717, 1.165) is 72.6 Å². The molecule has 4 heteroatoms. The van der Waals surface area contributed by atoms with E-state index < -0.39 is 5.41 Å². The first kappa shape index (κ1) is 31.5. The zero-order valence-electron chi connectivity index (χ0n) is 29.3. The minimum atomic E-state index is -0.623. The van der Waals surface area contributed by atoms with E-state index in [1.165, 1.54) is 11.1 Å². The van der Waals surface area contributed by atoms with Crippen LogP contribution in [0.4, 0.5) is 5.69 Å². The molecule has 0 amide bonds. The Balaban J connectivity index is 1.20. The summed E-state index contributed by atoms with van der Waals surface area (Å²) in [6.45, 7) is 0. The van der Waals surface area contributed by atoms with Crippen LogP contribution in [0.15, 0.2) is 182 Å². The summed E-state index contributed by atoms with van der Waals surface area (Å²) in [5, 5.41) is 14.5. The van der Waals surface area contributed by atoms with Crippen molar-refractivity contribution in [3.8, 4) is 39.8 Å². The predicted molar refractivity (Wildman–Crippen MR) is 218 cm³/mol. The zero-order chi connectivity index (χ0) is 36.1. The molecular formula is C50H33N3O. The van der Waals surface area contributed by atoms with E-state index in [4.69, 9.17) is 9.72 Å². The maximum absolute atomic E-state index is 9.57. The third-order valence-corrected chi connectivity index (χ3v) is 10.9. The first-order valence-electron chi connectivity index (χ1n) is 18.2. The highest BCUT2D eigenvalue weighted by molar-refractivity contribution is 5.96. The Labute approximate surface area is 314 Å². The highest BCUT2D eigenvalue weighted by atomic mass is 16.5. The number of ether oxygens (including phenoxy) is 1. The summed E-state index contributed by atoms with van der Waals surface area (Å²) >= 11 is 0. The Hall–Kier alpha value is -7.22. The summed E-state index contributed by atoms with van der Waals surface area (Å²) in [6, 6.07) is 61.6. The molecule has 0 bridgehead atoms. The van der Waals surface area contributed by atoms with Crippen molar-refractivity contribution in [2.24, 2.45) is 0 Å². The molecular weight excluding hydrogens is 659 g/mol. The van der Waals surface area contributed by atoms with Gasteiger partial charge in [-0.25, -0.2) is 0 Å². The molecule has 7 aromatic carbocycles. The van der Waals surface area contributed by atoms with Crippen molar-refractivity contribution in [3.63, 3.8) is 0 Å². The van der Waals surface area contributed by atoms with E-state index in [0.29, 0.717) is 5.56 Å². The Morgan fingerprint density at radius 1 is 0.630 bits per heavy atom. The number of para-hydroxylation sites is 2. The van der Waals surface area contributed by atoms with Gasteiger partial charge in [-0.1, -0.05) is 140 Å². The molecule has 4 nitrogen and oxygen atoms in total. The fraction of sp³-hybridized carbons (Fsp3) is 0.0400. The molecule has 0 saturated heterocycles. The van der Waals surface area contributed by atoms with Crippen LogP contribution in [0.2, 0.25) is 0 Å². The van der Waals surface area contributed by atoms with Crippen molar-refractivity contribution in [1.82, 2.24) is 4.98 Å². The summed E-state index contributed by atoms with van der Waals surface area (Å²) in [6.07, 6.45) is 6.27. The molecule has 254 valence electrons. The first-order chi connectivity index (χ1) is 26.7. The third-order valence-electron chi connectivity index (χ3n) is 10.9. The highest BCUT2D eigenvalue weighted by Gasteiger charge is 2.45. The van der Waals surface area contributed by atoms with Crippen molar-refractivity contribution >= 4 is 22.7 Å². The molecule has 0 aliphatic carbocycles. The number of fused-ring (bicyclic) bond motifs is 5. The van der Waals surface area contributed by atoms with Crippen LogP contribution in [0.1, 0.15) is 45.0 Å². The van der Waals surface area contributed by atoms with Crippen LogP contribution in [0.5, 0.6) is 11.5 Å². The number of pyridine rings is 1. The second-order valence-corrected chi connectivity index (χ2v) is 13.9. The lowest BCUT2D eigenvalue weighted by Crippen LogP contribution is -2.34. The predicted octanol–water partition coefficient (Wildman–Crippen LogP) is 12.1. The van der Waals surface area contributed by atoms with Gasteiger partial charge in [0.1, 0.15) is 11.5 Å².